The lowest BCUT2D eigenvalue weighted by Gasteiger charge is -2.05. The lowest BCUT2D eigenvalue weighted by molar-refractivity contribution is 0.517. The highest BCUT2D eigenvalue weighted by atomic mass is 32.1. The average Bonchev–Trinajstić information content (AvgIpc) is 1.87. The molecule has 0 aliphatic rings. The van der Waals surface area contributed by atoms with Crippen molar-refractivity contribution in [2.24, 2.45) is 10.7 Å². The molecule has 0 unspecified atom stereocenters. The molecule has 11 heavy (non-hydrogen) atoms. The van der Waals surface area contributed by atoms with Crippen LogP contribution in [0.3, 0.4) is 0 Å². The molecule has 0 amide bonds. The van der Waals surface area contributed by atoms with Crippen molar-refractivity contribution >= 4 is 23.4 Å². The van der Waals surface area contributed by atoms with Gasteiger partial charge in [0.15, 0.2) is 0 Å². The minimum Gasteiger partial charge on any atom is -0.399 e. The molecule has 0 aliphatic carbocycles. The van der Waals surface area contributed by atoms with Crippen molar-refractivity contribution < 1.29 is 4.74 Å². The second kappa shape index (κ2) is 5.91. The lowest BCUT2D eigenvalue weighted by atomic mass is 10.8. The predicted molar refractivity (Wildman–Crippen MR) is 49.5 cm³/mol. The average molecular weight is 175 g/mol. The van der Waals surface area contributed by atoms with E-state index in [1.54, 1.807) is 0 Å². The van der Waals surface area contributed by atoms with Gasteiger partial charge in [-0.3, -0.25) is 0 Å². The van der Waals surface area contributed by atoms with Gasteiger partial charge in [0.25, 0.3) is 11.2 Å². The number of aliphatic imine (C=N–C) groups is 1. The fourth-order valence-electron chi connectivity index (χ4n) is 0.464. The maximum atomic E-state index is 5.32. The first kappa shape index (κ1) is 10.2. The van der Waals surface area contributed by atoms with Crippen molar-refractivity contribution in [3.8, 4) is 0 Å². The molecule has 0 radical (unpaired) electrons. The number of hydrogen-bond acceptors (Lipinski definition) is 3. The van der Waals surface area contributed by atoms with Gasteiger partial charge in [-0.15, -0.1) is 0 Å². The van der Waals surface area contributed by atoms with Crippen molar-refractivity contribution in [1.29, 1.82) is 0 Å². The summed E-state index contributed by atoms with van der Waals surface area (Å²) in [4.78, 5) is 3.79. The van der Waals surface area contributed by atoms with Gasteiger partial charge in [-0.2, -0.15) is 0 Å². The van der Waals surface area contributed by atoms with Crippen LogP contribution in [-0.4, -0.2) is 24.3 Å². The minimum atomic E-state index is 0.110. The number of amidine groups is 1. The third-order valence-corrected chi connectivity index (χ3v) is 1.06. The molecule has 0 spiro atoms. The summed E-state index contributed by atoms with van der Waals surface area (Å²) in [5, 5.41) is 3.05. The molecule has 0 atom stereocenters. The highest BCUT2D eigenvalue weighted by molar-refractivity contribution is 7.80. The van der Waals surface area contributed by atoms with Gasteiger partial charge in [0.1, 0.15) is 0 Å². The molecule has 0 aromatic rings. The van der Waals surface area contributed by atoms with E-state index in [1.165, 1.54) is 0 Å². The summed E-state index contributed by atoms with van der Waals surface area (Å²) in [5.41, 5.74) is 5.32. The lowest BCUT2D eigenvalue weighted by Crippen LogP contribution is -2.29. The summed E-state index contributed by atoms with van der Waals surface area (Å²) in [6.45, 7) is 5.11. The molecule has 0 aromatic carbocycles. The maximum Gasteiger partial charge on any atom is 0.289 e. The van der Waals surface area contributed by atoms with E-state index in [1.807, 2.05) is 13.8 Å². The molecule has 0 aromatic heterocycles. The fourth-order valence-corrected chi connectivity index (χ4v) is 0.693. The van der Waals surface area contributed by atoms with Gasteiger partial charge >= 0.3 is 0 Å². The van der Waals surface area contributed by atoms with E-state index < -0.39 is 0 Å². The van der Waals surface area contributed by atoms with Crippen molar-refractivity contribution in [1.82, 2.24) is 5.32 Å². The monoisotopic (exact) mass is 175 g/mol. The normalized spacial score (nSPS) is 10.9. The number of thiocarbonyl (C=S) groups is 1. The van der Waals surface area contributed by atoms with Gasteiger partial charge in [-0.1, -0.05) is 0 Å². The number of nitrogens with two attached hydrogens (primary N) is 1. The maximum absolute atomic E-state index is 5.32. The Balaban J connectivity index is 3.66. The first-order valence-electron chi connectivity index (χ1n) is 3.46. The van der Waals surface area contributed by atoms with E-state index >= 15 is 0 Å². The summed E-state index contributed by atoms with van der Waals surface area (Å²) >= 11 is 4.75. The van der Waals surface area contributed by atoms with Crippen LogP contribution in [0.1, 0.15) is 13.8 Å². The van der Waals surface area contributed by atoms with E-state index in [9.17, 15) is 0 Å². The SMILES string of the molecule is CCN=C(N)OC(=S)NCC. The Morgan fingerprint density at radius 2 is 2.27 bits per heavy atom. The number of nitrogens with one attached hydrogen (secondary N) is 1. The Morgan fingerprint density at radius 1 is 1.64 bits per heavy atom. The molecular formula is C6H13N3OS. The molecule has 0 aliphatic heterocycles. The van der Waals surface area contributed by atoms with Crippen LogP contribution in [0.2, 0.25) is 0 Å². The van der Waals surface area contributed by atoms with Crippen molar-refractivity contribution in [3.05, 3.63) is 0 Å². The van der Waals surface area contributed by atoms with Gasteiger partial charge in [0.05, 0.1) is 0 Å². The quantitative estimate of drug-likeness (QED) is 0.358. The van der Waals surface area contributed by atoms with E-state index in [2.05, 4.69) is 10.3 Å². The molecule has 4 nitrogen and oxygen atoms in total. The van der Waals surface area contributed by atoms with Crippen LogP contribution in [0.5, 0.6) is 0 Å². The van der Waals surface area contributed by atoms with Gasteiger partial charge in [-0.05, 0) is 26.1 Å². The molecule has 0 rings (SSSR count). The first-order valence-corrected chi connectivity index (χ1v) is 3.87. The molecule has 0 heterocycles. The molecule has 0 saturated heterocycles. The van der Waals surface area contributed by atoms with Crippen LogP contribution in [0.25, 0.3) is 0 Å². The van der Waals surface area contributed by atoms with Gasteiger partial charge < -0.3 is 15.8 Å². The standard InChI is InChI=1S/C6H13N3OS/c1-3-8-5(7)10-6(11)9-4-2/h3-4H2,1-2H3,(H2,7,8)(H,9,11). The molecule has 3 N–H and O–H groups in total. The van der Waals surface area contributed by atoms with E-state index in [0.29, 0.717) is 6.54 Å². The fraction of sp³-hybridized carbons (Fsp3) is 0.667. The van der Waals surface area contributed by atoms with Crippen LogP contribution in [0, 0.1) is 0 Å². The van der Waals surface area contributed by atoms with Gasteiger partial charge in [0, 0.05) is 13.1 Å². The van der Waals surface area contributed by atoms with Crippen molar-refractivity contribution in [2.45, 2.75) is 13.8 Å². The van der Waals surface area contributed by atoms with E-state index in [0.717, 1.165) is 6.54 Å². The van der Waals surface area contributed by atoms with Crippen molar-refractivity contribution in [3.63, 3.8) is 0 Å². The highest BCUT2D eigenvalue weighted by Gasteiger charge is 1.96. The molecule has 0 fully saturated rings. The molecule has 0 saturated carbocycles. The Bertz CT molecular complexity index is 158. The predicted octanol–water partition coefficient (Wildman–Crippen LogP) is 0.232. The summed E-state index contributed by atoms with van der Waals surface area (Å²) in [7, 11) is 0. The molecule has 5 heteroatoms. The summed E-state index contributed by atoms with van der Waals surface area (Å²) in [6.07, 6.45) is 0. The number of ether oxygens (including phenoxy) is 1. The van der Waals surface area contributed by atoms with Gasteiger partial charge in [0.2, 0.25) is 0 Å². The van der Waals surface area contributed by atoms with Crippen molar-refractivity contribution in [2.75, 3.05) is 13.1 Å². The Hall–Kier alpha value is -0.840. The smallest absolute Gasteiger partial charge is 0.289 e. The molecule has 0 bridgehead atoms. The van der Waals surface area contributed by atoms with Crippen LogP contribution >= 0.6 is 12.2 Å². The zero-order chi connectivity index (χ0) is 8.69. The van der Waals surface area contributed by atoms with Crippen LogP contribution in [-0.2, 0) is 4.74 Å². The first-order chi connectivity index (χ1) is 5.20. The third-order valence-electron chi connectivity index (χ3n) is 0.832. The van der Waals surface area contributed by atoms with Crippen LogP contribution in [0.15, 0.2) is 4.99 Å². The zero-order valence-corrected chi connectivity index (χ0v) is 7.57. The van der Waals surface area contributed by atoms with E-state index in [4.69, 9.17) is 22.7 Å². The second-order valence-electron chi connectivity index (χ2n) is 1.73. The topological polar surface area (TPSA) is 59.6 Å². The largest absolute Gasteiger partial charge is 0.399 e. The van der Waals surface area contributed by atoms with E-state index in [-0.39, 0.29) is 11.2 Å². The summed E-state index contributed by atoms with van der Waals surface area (Å²) in [5.74, 6) is 0. The Kier molecular flexibility index (Phi) is 5.46. The zero-order valence-electron chi connectivity index (χ0n) is 6.76. The number of rotatable bonds is 2. The minimum absolute atomic E-state index is 0.110. The summed E-state index contributed by atoms with van der Waals surface area (Å²) in [6, 6.07) is 0.110. The van der Waals surface area contributed by atoms with Crippen LogP contribution in [0.4, 0.5) is 0 Å². The Morgan fingerprint density at radius 3 is 2.73 bits per heavy atom. The second-order valence-corrected chi connectivity index (χ2v) is 2.10. The number of nitrogens with zero attached hydrogens (tertiary/aromatic N) is 1. The Labute approximate surface area is 71.8 Å². The van der Waals surface area contributed by atoms with Gasteiger partial charge in [-0.25, -0.2) is 4.99 Å². The highest BCUT2D eigenvalue weighted by Crippen LogP contribution is 1.78. The molecule has 64 valence electrons. The van der Waals surface area contributed by atoms with Crippen LogP contribution < -0.4 is 11.1 Å². The third kappa shape index (κ3) is 5.60. The summed E-state index contributed by atoms with van der Waals surface area (Å²) < 4.78 is 4.88. The molecular weight excluding hydrogens is 162 g/mol. The number of hydrogen-bond donors (Lipinski definition) is 2.